The molecule has 62 valence electrons. The molecule has 0 saturated carbocycles. The molecule has 0 aromatic rings. The van der Waals surface area contributed by atoms with Crippen molar-refractivity contribution in [3.63, 3.8) is 0 Å². The molecule has 3 N–H and O–H groups in total. The minimum atomic E-state index is 0.281. The first-order valence-electron chi connectivity index (χ1n) is 3.13. The molecule has 0 radical (unpaired) electrons. The summed E-state index contributed by atoms with van der Waals surface area (Å²) >= 11 is 7.97. The lowest BCUT2D eigenvalue weighted by molar-refractivity contribution is 1.17. The molecule has 0 aromatic heterocycles. The summed E-state index contributed by atoms with van der Waals surface area (Å²) in [5, 5.41) is 3.11. The third-order valence-electron chi connectivity index (χ3n) is 0.933. The van der Waals surface area contributed by atoms with Gasteiger partial charge in [-0.1, -0.05) is 22.0 Å². The molecule has 0 saturated heterocycles. The highest BCUT2D eigenvalue weighted by Crippen LogP contribution is 2.05. The Labute approximate surface area is 80.7 Å². The number of nitrogens with two attached hydrogens (primary N) is 1. The maximum absolute atomic E-state index is 5.28. The third-order valence-corrected chi connectivity index (χ3v) is 1.26. The summed E-state index contributed by atoms with van der Waals surface area (Å²) in [6.45, 7) is 3.85. The highest BCUT2D eigenvalue weighted by Gasteiger charge is 1.91. The quantitative estimate of drug-likeness (QED) is 0.568. The normalized spacial score (nSPS) is 13.0. The summed E-state index contributed by atoms with van der Waals surface area (Å²) < 4.78 is 1.02. The van der Waals surface area contributed by atoms with Crippen molar-refractivity contribution in [1.29, 1.82) is 0 Å². The van der Waals surface area contributed by atoms with Gasteiger partial charge in [-0.25, -0.2) is 0 Å². The average molecular weight is 235 g/mol. The van der Waals surface area contributed by atoms with Gasteiger partial charge in [0.25, 0.3) is 0 Å². The van der Waals surface area contributed by atoms with E-state index < -0.39 is 0 Å². The topological polar surface area (TPSA) is 38.0 Å². The summed E-state index contributed by atoms with van der Waals surface area (Å²) in [5.74, 6) is 0. The minimum absolute atomic E-state index is 0.281. The van der Waals surface area contributed by atoms with Crippen molar-refractivity contribution in [2.45, 2.75) is 13.8 Å². The molecule has 0 unspecified atom stereocenters. The maximum atomic E-state index is 5.28. The number of halogens is 1. The van der Waals surface area contributed by atoms with Gasteiger partial charge in [0.2, 0.25) is 0 Å². The number of hydrogen-bond acceptors (Lipinski definition) is 1. The van der Waals surface area contributed by atoms with Crippen LogP contribution in [0.3, 0.4) is 0 Å². The van der Waals surface area contributed by atoms with Crippen LogP contribution in [0.25, 0.3) is 0 Å². The highest BCUT2D eigenvalue weighted by molar-refractivity contribution is 9.11. The molecule has 4 heteroatoms. The van der Waals surface area contributed by atoms with Gasteiger partial charge >= 0.3 is 0 Å². The monoisotopic (exact) mass is 234 g/mol. The van der Waals surface area contributed by atoms with E-state index in [1.165, 1.54) is 0 Å². The van der Waals surface area contributed by atoms with E-state index >= 15 is 0 Å². The lowest BCUT2D eigenvalue weighted by Crippen LogP contribution is -2.27. The molecule has 0 bridgehead atoms. The molecular formula is C7H11BrN2S. The largest absolute Gasteiger partial charge is 0.376 e. The molecule has 2 nitrogen and oxygen atoms in total. The highest BCUT2D eigenvalue weighted by atomic mass is 79.9. The van der Waals surface area contributed by atoms with Gasteiger partial charge in [0, 0.05) is 5.70 Å². The van der Waals surface area contributed by atoms with Crippen LogP contribution in [0, 0.1) is 0 Å². The zero-order valence-corrected chi connectivity index (χ0v) is 8.92. The second kappa shape index (κ2) is 5.32. The van der Waals surface area contributed by atoms with Crippen molar-refractivity contribution >= 4 is 33.3 Å². The van der Waals surface area contributed by atoms with Crippen LogP contribution in [-0.4, -0.2) is 5.11 Å². The zero-order valence-electron chi connectivity index (χ0n) is 6.52. The first-order chi connectivity index (χ1) is 5.06. The lowest BCUT2D eigenvalue weighted by Gasteiger charge is -2.03. The smallest absolute Gasteiger partial charge is 0.168 e. The van der Waals surface area contributed by atoms with Crippen LogP contribution < -0.4 is 11.1 Å². The molecule has 0 atom stereocenters. The molecule has 0 aliphatic carbocycles. The molecule has 0 aromatic carbocycles. The maximum Gasteiger partial charge on any atom is 0.168 e. The lowest BCUT2D eigenvalue weighted by atomic mass is 10.4. The van der Waals surface area contributed by atoms with Gasteiger partial charge < -0.3 is 11.1 Å². The van der Waals surface area contributed by atoms with Crippen molar-refractivity contribution in [2.75, 3.05) is 0 Å². The van der Waals surface area contributed by atoms with Gasteiger partial charge in [-0.2, -0.15) is 0 Å². The standard InChI is InChI=1S/C7H11BrN2S/c1-3-6(4-5(2)8)10-7(9)11/h3-4H,1-2H3,(H3,9,10,11)/b5-4+,6-3+. The average Bonchev–Trinajstić information content (AvgIpc) is 1.84. The van der Waals surface area contributed by atoms with Crippen LogP contribution in [0.1, 0.15) is 13.8 Å². The van der Waals surface area contributed by atoms with Crippen LogP contribution in [0.5, 0.6) is 0 Å². The molecule has 0 spiro atoms. The van der Waals surface area contributed by atoms with Crippen LogP contribution in [0.2, 0.25) is 0 Å². The van der Waals surface area contributed by atoms with E-state index in [4.69, 9.17) is 5.73 Å². The van der Waals surface area contributed by atoms with Crippen molar-refractivity contribution < 1.29 is 0 Å². The molecule has 11 heavy (non-hydrogen) atoms. The Bertz CT molecular complexity index is 204. The Morgan fingerprint density at radius 3 is 2.45 bits per heavy atom. The first kappa shape index (κ1) is 10.7. The fourth-order valence-corrected chi connectivity index (χ4v) is 0.913. The van der Waals surface area contributed by atoms with Gasteiger partial charge in [-0.3, -0.25) is 0 Å². The molecular weight excluding hydrogens is 224 g/mol. The number of nitrogens with one attached hydrogen (secondary N) is 1. The van der Waals surface area contributed by atoms with Crippen LogP contribution in [0.15, 0.2) is 22.3 Å². The van der Waals surface area contributed by atoms with Crippen LogP contribution in [0.4, 0.5) is 0 Å². The molecule has 0 aliphatic heterocycles. The van der Waals surface area contributed by atoms with Crippen molar-refractivity contribution in [1.82, 2.24) is 5.32 Å². The Balaban J connectivity index is 4.22. The van der Waals surface area contributed by atoms with Crippen LogP contribution in [-0.2, 0) is 0 Å². The number of hydrogen-bond donors (Lipinski definition) is 2. The Morgan fingerprint density at radius 1 is 1.64 bits per heavy atom. The zero-order chi connectivity index (χ0) is 8.85. The first-order valence-corrected chi connectivity index (χ1v) is 4.33. The predicted molar refractivity (Wildman–Crippen MR) is 56.4 cm³/mol. The van der Waals surface area contributed by atoms with Gasteiger partial charge in [-0.05, 0) is 36.6 Å². The van der Waals surface area contributed by atoms with E-state index in [-0.39, 0.29) is 5.11 Å². The fourth-order valence-electron chi connectivity index (χ4n) is 0.548. The third kappa shape index (κ3) is 6.06. The van der Waals surface area contributed by atoms with Gasteiger partial charge in [0.15, 0.2) is 5.11 Å². The molecule has 0 heterocycles. The van der Waals surface area contributed by atoms with E-state index in [0.717, 1.165) is 10.2 Å². The summed E-state index contributed by atoms with van der Waals surface area (Å²) in [5.41, 5.74) is 6.17. The van der Waals surface area contributed by atoms with E-state index in [2.05, 4.69) is 33.5 Å². The second-order valence-corrected chi connectivity index (χ2v) is 3.66. The molecule has 0 rings (SSSR count). The van der Waals surface area contributed by atoms with Gasteiger partial charge in [0.05, 0.1) is 0 Å². The molecule has 0 aliphatic rings. The summed E-state index contributed by atoms with van der Waals surface area (Å²) in [6, 6.07) is 0. The van der Waals surface area contributed by atoms with E-state index in [1.54, 1.807) is 0 Å². The van der Waals surface area contributed by atoms with E-state index in [1.807, 2.05) is 26.0 Å². The number of rotatable bonds is 2. The van der Waals surface area contributed by atoms with Crippen molar-refractivity contribution in [3.8, 4) is 0 Å². The minimum Gasteiger partial charge on any atom is -0.376 e. The summed E-state index contributed by atoms with van der Waals surface area (Å²) in [7, 11) is 0. The number of allylic oxidation sites excluding steroid dienone is 3. The van der Waals surface area contributed by atoms with E-state index in [9.17, 15) is 0 Å². The van der Waals surface area contributed by atoms with E-state index in [0.29, 0.717) is 0 Å². The fraction of sp³-hybridized carbons (Fsp3) is 0.286. The van der Waals surface area contributed by atoms with Crippen LogP contribution >= 0.6 is 28.1 Å². The summed E-state index contributed by atoms with van der Waals surface area (Å²) in [6.07, 6.45) is 3.79. The second-order valence-electron chi connectivity index (χ2n) is 1.96. The number of thiocarbonyl (C=S) groups is 1. The van der Waals surface area contributed by atoms with Crippen molar-refractivity contribution in [2.24, 2.45) is 5.73 Å². The SMILES string of the molecule is C/C=C(\C=C(/C)Br)NC(N)=S. The summed E-state index contributed by atoms with van der Waals surface area (Å²) in [4.78, 5) is 0. The van der Waals surface area contributed by atoms with Gasteiger partial charge in [0.1, 0.15) is 0 Å². The molecule has 0 amide bonds. The Hall–Kier alpha value is -0.350. The predicted octanol–water partition coefficient (Wildman–Crippen LogP) is 2.02. The van der Waals surface area contributed by atoms with Crippen molar-refractivity contribution in [3.05, 3.63) is 22.3 Å². The Morgan fingerprint density at radius 2 is 2.18 bits per heavy atom. The molecule has 0 fully saturated rings. The Kier molecular flexibility index (Phi) is 5.15. The van der Waals surface area contributed by atoms with Gasteiger partial charge in [-0.15, -0.1) is 0 Å².